The molecule has 5 heteroatoms. The van der Waals surface area contributed by atoms with E-state index in [9.17, 15) is 4.39 Å². The summed E-state index contributed by atoms with van der Waals surface area (Å²) in [5, 5.41) is 0. The molecule has 0 aliphatic rings. The first-order valence-corrected chi connectivity index (χ1v) is 5.35. The predicted octanol–water partition coefficient (Wildman–Crippen LogP) is 2.75. The van der Waals surface area contributed by atoms with Gasteiger partial charge in [0.15, 0.2) is 0 Å². The molecule has 1 atom stereocenters. The molecule has 1 aromatic rings. The molecule has 15 heavy (non-hydrogen) atoms. The fourth-order valence-electron chi connectivity index (χ4n) is 1.30. The lowest BCUT2D eigenvalue weighted by molar-refractivity contribution is 0.604. The van der Waals surface area contributed by atoms with Crippen LogP contribution < -0.4 is 11.5 Å². The molecular formula is C10H15BrClFN2. The first kappa shape index (κ1) is 14.8. The normalized spacial score (nSPS) is 12.0. The van der Waals surface area contributed by atoms with Crippen molar-refractivity contribution in [2.24, 2.45) is 11.5 Å². The second-order valence-corrected chi connectivity index (χ2v) is 4.06. The highest BCUT2D eigenvalue weighted by Crippen LogP contribution is 2.25. The molecule has 0 saturated heterocycles. The van der Waals surface area contributed by atoms with Crippen LogP contribution in [0.5, 0.6) is 0 Å². The Morgan fingerprint density at radius 1 is 1.40 bits per heavy atom. The summed E-state index contributed by atoms with van der Waals surface area (Å²) in [5.41, 5.74) is 12.2. The minimum absolute atomic E-state index is 0. The van der Waals surface area contributed by atoms with E-state index in [-0.39, 0.29) is 24.3 Å². The Balaban J connectivity index is 0.00000196. The summed E-state index contributed by atoms with van der Waals surface area (Å²) in [7, 11) is 0. The van der Waals surface area contributed by atoms with E-state index in [1.807, 2.05) is 0 Å². The van der Waals surface area contributed by atoms with Crippen LogP contribution >= 0.6 is 28.3 Å². The van der Waals surface area contributed by atoms with Crippen LogP contribution in [-0.2, 0) is 0 Å². The van der Waals surface area contributed by atoms with Crippen molar-refractivity contribution in [2.45, 2.75) is 18.9 Å². The second kappa shape index (κ2) is 7.17. The SMILES string of the molecule is Cl.NCCC[C@H](N)c1ccc(F)cc1Br. The fourth-order valence-corrected chi connectivity index (χ4v) is 1.94. The first-order chi connectivity index (χ1) is 6.65. The highest BCUT2D eigenvalue weighted by Gasteiger charge is 2.09. The zero-order chi connectivity index (χ0) is 10.6. The van der Waals surface area contributed by atoms with Gasteiger partial charge in [0.05, 0.1) is 0 Å². The molecule has 0 spiro atoms. The van der Waals surface area contributed by atoms with Crippen LogP contribution in [0.15, 0.2) is 22.7 Å². The highest BCUT2D eigenvalue weighted by atomic mass is 79.9. The standard InChI is InChI=1S/C10H14BrFN2.ClH/c11-9-6-7(12)3-4-8(9)10(14)2-1-5-13;/h3-4,6,10H,1-2,5,13-14H2;1H/t10-;/m0./s1. The summed E-state index contributed by atoms with van der Waals surface area (Å²) >= 11 is 3.29. The van der Waals surface area contributed by atoms with Crippen molar-refractivity contribution in [1.29, 1.82) is 0 Å². The van der Waals surface area contributed by atoms with Gasteiger partial charge < -0.3 is 11.5 Å². The Morgan fingerprint density at radius 2 is 2.07 bits per heavy atom. The van der Waals surface area contributed by atoms with Gasteiger partial charge in [0, 0.05) is 10.5 Å². The molecular weight excluding hydrogens is 282 g/mol. The number of halogens is 3. The molecule has 0 aliphatic carbocycles. The first-order valence-electron chi connectivity index (χ1n) is 4.55. The molecule has 0 heterocycles. The molecule has 0 aliphatic heterocycles. The van der Waals surface area contributed by atoms with Crippen LogP contribution in [0.25, 0.3) is 0 Å². The van der Waals surface area contributed by atoms with Crippen LogP contribution in [-0.4, -0.2) is 6.54 Å². The highest BCUT2D eigenvalue weighted by molar-refractivity contribution is 9.10. The van der Waals surface area contributed by atoms with Gasteiger partial charge in [-0.25, -0.2) is 4.39 Å². The van der Waals surface area contributed by atoms with Crippen molar-refractivity contribution >= 4 is 28.3 Å². The topological polar surface area (TPSA) is 52.0 Å². The largest absolute Gasteiger partial charge is 0.330 e. The average Bonchev–Trinajstić information content (AvgIpc) is 2.14. The van der Waals surface area contributed by atoms with Gasteiger partial charge in [-0.2, -0.15) is 0 Å². The van der Waals surface area contributed by atoms with E-state index in [1.54, 1.807) is 6.07 Å². The number of nitrogens with two attached hydrogens (primary N) is 2. The van der Waals surface area contributed by atoms with Crippen LogP contribution in [0.3, 0.4) is 0 Å². The zero-order valence-electron chi connectivity index (χ0n) is 8.25. The zero-order valence-corrected chi connectivity index (χ0v) is 10.7. The minimum Gasteiger partial charge on any atom is -0.330 e. The maximum Gasteiger partial charge on any atom is 0.124 e. The lowest BCUT2D eigenvalue weighted by Gasteiger charge is -2.13. The van der Waals surface area contributed by atoms with E-state index in [0.29, 0.717) is 6.54 Å². The summed E-state index contributed by atoms with van der Waals surface area (Å²) in [5.74, 6) is -0.258. The van der Waals surface area contributed by atoms with Gasteiger partial charge in [-0.1, -0.05) is 22.0 Å². The summed E-state index contributed by atoms with van der Waals surface area (Å²) in [4.78, 5) is 0. The quantitative estimate of drug-likeness (QED) is 0.898. The van der Waals surface area contributed by atoms with E-state index in [2.05, 4.69) is 15.9 Å². The van der Waals surface area contributed by atoms with Crippen LogP contribution in [0.1, 0.15) is 24.4 Å². The molecule has 1 rings (SSSR count). The van der Waals surface area contributed by atoms with Gasteiger partial charge in [-0.3, -0.25) is 0 Å². The molecule has 0 aromatic heterocycles. The van der Waals surface area contributed by atoms with Crippen molar-refractivity contribution in [1.82, 2.24) is 0 Å². The third-order valence-electron chi connectivity index (χ3n) is 2.08. The Hall–Kier alpha value is -0.160. The number of rotatable bonds is 4. The van der Waals surface area contributed by atoms with Gasteiger partial charge in [0.2, 0.25) is 0 Å². The molecule has 86 valence electrons. The Bertz CT molecular complexity index is 309. The molecule has 0 radical (unpaired) electrons. The molecule has 0 bridgehead atoms. The lowest BCUT2D eigenvalue weighted by atomic mass is 10.0. The maximum absolute atomic E-state index is 12.8. The van der Waals surface area contributed by atoms with Crippen molar-refractivity contribution in [3.8, 4) is 0 Å². The Kier molecular flexibility index (Phi) is 7.09. The maximum atomic E-state index is 12.8. The minimum atomic E-state index is -0.258. The summed E-state index contributed by atoms with van der Waals surface area (Å²) in [6, 6.07) is 4.48. The molecule has 1 aromatic carbocycles. The van der Waals surface area contributed by atoms with E-state index >= 15 is 0 Å². The summed E-state index contributed by atoms with van der Waals surface area (Å²) < 4.78 is 13.5. The van der Waals surface area contributed by atoms with Gasteiger partial charge in [-0.05, 0) is 37.1 Å². The van der Waals surface area contributed by atoms with Gasteiger partial charge >= 0.3 is 0 Å². The number of hydrogen-bond donors (Lipinski definition) is 2. The molecule has 0 unspecified atom stereocenters. The average molecular weight is 298 g/mol. The molecule has 0 fully saturated rings. The second-order valence-electron chi connectivity index (χ2n) is 3.20. The third kappa shape index (κ3) is 4.47. The number of benzene rings is 1. The van der Waals surface area contributed by atoms with Crippen molar-refractivity contribution in [2.75, 3.05) is 6.54 Å². The van der Waals surface area contributed by atoms with Gasteiger partial charge in [0.25, 0.3) is 0 Å². The molecule has 4 N–H and O–H groups in total. The molecule has 0 amide bonds. The predicted molar refractivity (Wildman–Crippen MR) is 66.6 cm³/mol. The summed E-state index contributed by atoms with van der Waals surface area (Å²) in [6.07, 6.45) is 1.70. The fraction of sp³-hybridized carbons (Fsp3) is 0.400. The Labute approximate surface area is 104 Å². The van der Waals surface area contributed by atoms with Crippen LogP contribution in [0.2, 0.25) is 0 Å². The van der Waals surface area contributed by atoms with Gasteiger partial charge in [0.1, 0.15) is 5.82 Å². The third-order valence-corrected chi connectivity index (χ3v) is 2.77. The molecule has 2 nitrogen and oxygen atoms in total. The van der Waals surface area contributed by atoms with E-state index in [4.69, 9.17) is 11.5 Å². The Morgan fingerprint density at radius 3 is 2.60 bits per heavy atom. The van der Waals surface area contributed by atoms with E-state index in [0.717, 1.165) is 22.9 Å². The van der Waals surface area contributed by atoms with Crippen molar-refractivity contribution in [3.05, 3.63) is 34.1 Å². The number of hydrogen-bond acceptors (Lipinski definition) is 2. The van der Waals surface area contributed by atoms with Crippen LogP contribution in [0, 0.1) is 5.82 Å². The van der Waals surface area contributed by atoms with Crippen LogP contribution in [0.4, 0.5) is 4.39 Å². The molecule has 0 saturated carbocycles. The summed E-state index contributed by atoms with van der Waals surface area (Å²) in [6.45, 7) is 0.631. The van der Waals surface area contributed by atoms with Crippen molar-refractivity contribution < 1.29 is 4.39 Å². The smallest absolute Gasteiger partial charge is 0.124 e. The van der Waals surface area contributed by atoms with Gasteiger partial charge in [-0.15, -0.1) is 12.4 Å². The van der Waals surface area contributed by atoms with E-state index < -0.39 is 0 Å². The lowest BCUT2D eigenvalue weighted by Crippen LogP contribution is -2.13. The monoisotopic (exact) mass is 296 g/mol. The van der Waals surface area contributed by atoms with Crippen molar-refractivity contribution in [3.63, 3.8) is 0 Å². The van der Waals surface area contributed by atoms with E-state index in [1.165, 1.54) is 12.1 Å².